The van der Waals surface area contributed by atoms with Gasteiger partial charge in [-0.1, -0.05) is 173 Å². The highest BCUT2D eigenvalue weighted by molar-refractivity contribution is 5.92. The smallest absolute Gasteiger partial charge is 0.220 e. The first kappa shape index (κ1) is 35.9. The summed E-state index contributed by atoms with van der Waals surface area (Å²) in [7, 11) is 0. The van der Waals surface area contributed by atoms with Gasteiger partial charge in [-0.25, -0.2) is 4.98 Å². The Labute approximate surface area is 357 Å². The molecule has 1 atom stereocenters. The van der Waals surface area contributed by atoms with E-state index >= 15 is 0 Å². The summed E-state index contributed by atoms with van der Waals surface area (Å²) < 4.78 is 4.65. The first-order valence-corrected chi connectivity index (χ1v) is 21.8. The quantitative estimate of drug-likeness (QED) is 0.158. The van der Waals surface area contributed by atoms with Gasteiger partial charge in [0.25, 0.3) is 0 Å². The molecule has 0 spiro atoms. The summed E-state index contributed by atoms with van der Waals surface area (Å²) in [6.07, 6.45) is 1.92. The molecule has 0 saturated carbocycles. The van der Waals surface area contributed by atoms with Gasteiger partial charge in [0.05, 0.1) is 22.1 Å². The number of hydrogen-bond acceptors (Lipinski definition) is 1. The number of nitrogens with zero attached hydrogens (tertiary/aromatic N) is 3. The van der Waals surface area contributed by atoms with Crippen molar-refractivity contribution in [2.45, 2.75) is 57.3 Å². The fourth-order valence-electron chi connectivity index (χ4n) is 11.0. The number of imidazole rings is 2. The molecule has 0 bridgehead atoms. The summed E-state index contributed by atoms with van der Waals surface area (Å²) in [5.74, 6) is 1.25. The molecule has 2 aliphatic rings. The second kappa shape index (κ2) is 13.3. The van der Waals surface area contributed by atoms with Crippen LogP contribution in [0.25, 0.3) is 66.9 Å². The molecule has 10 aromatic rings. The van der Waals surface area contributed by atoms with E-state index in [1.807, 2.05) is 0 Å². The monoisotopic (exact) mass is 785 g/mol. The molecule has 3 heteroatoms. The van der Waals surface area contributed by atoms with Crippen molar-refractivity contribution in [3.8, 4) is 39.1 Å². The highest BCUT2D eigenvalue weighted by atomic mass is 15.2. The van der Waals surface area contributed by atoms with Gasteiger partial charge in [0, 0.05) is 16.5 Å². The molecule has 0 amide bonds. The Bertz CT molecular complexity index is 3360. The SMILES string of the molecule is CC1(C)c2ccccc2-c2ccc(C(Cc3ccc(-c4ccccc4)cc3)Cc3ccc4c(c3)C(C)(C)c3cc(-n5c6ccccc6n6c7ccccc7nc56)ccc3-4)cc21. The van der Waals surface area contributed by atoms with Crippen LogP contribution in [0.3, 0.4) is 0 Å². The molecular formula is C58H47N3. The predicted molar refractivity (Wildman–Crippen MR) is 253 cm³/mol. The van der Waals surface area contributed by atoms with E-state index in [1.54, 1.807) is 0 Å². The van der Waals surface area contributed by atoms with Gasteiger partial charge in [0.2, 0.25) is 5.78 Å². The van der Waals surface area contributed by atoms with E-state index < -0.39 is 0 Å². The first-order valence-electron chi connectivity index (χ1n) is 21.8. The summed E-state index contributed by atoms with van der Waals surface area (Å²) in [6, 6.07) is 67.8. The number of aromatic nitrogens is 3. The Kier molecular flexibility index (Phi) is 7.81. The first-order chi connectivity index (χ1) is 29.7. The van der Waals surface area contributed by atoms with Crippen LogP contribution in [-0.2, 0) is 23.7 Å². The maximum Gasteiger partial charge on any atom is 0.220 e. The fraction of sp³-hybridized carbons (Fsp3) is 0.155. The Morgan fingerprint density at radius 1 is 0.443 bits per heavy atom. The van der Waals surface area contributed by atoms with Gasteiger partial charge in [0.15, 0.2) is 0 Å². The maximum atomic E-state index is 5.17. The third-order valence-electron chi connectivity index (χ3n) is 14.2. The lowest BCUT2D eigenvalue weighted by atomic mass is 9.78. The van der Waals surface area contributed by atoms with Crippen LogP contribution in [-0.4, -0.2) is 14.0 Å². The zero-order valence-electron chi connectivity index (χ0n) is 35.2. The van der Waals surface area contributed by atoms with Crippen LogP contribution < -0.4 is 0 Å². The number of benzene rings is 8. The van der Waals surface area contributed by atoms with Crippen LogP contribution in [0, 0.1) is 0 Å². The molecule has 0 aliphatic heterocycles. The van der Waals surface area contributed by atoms with Crippen molar-refractivity contribution < 1.29 is 0 Å². The lowest BCUT2D eigenvalue weighted by Gasteiger charge is -2.25. The van der Waals surface area contributed by atoms with Crippen molar-refractivity contribution >= 4 is 27.8 Å². The average molecular weight is 786 g/mol. The molecule has 3 nitrogen and oxygen atoms in total. The molecule has 61 heavy (non-hydrogen) atoms. The average Bonchev–Trinajstić information content (AvgIpc) is 3.96. The Morgan fingerprint density at radius 2 is 1.00 bits per heavy atom. The van der Waals surface area contributed by atoms with E-state index in [-0.39, 0.29) is 10.8 Å². The Hall–Kier alpha value is -6.97. The van der Waals surface area contributed by atoms with Crippen LogP contribution >= 0.6 is 0 Å². The van der Waals surface area contributed by atoms with Crippen LogP contribution in [0.2, 0.25) is 0 Å². The minimum absolute atomic E-state index is 0.0458. The fourth-order valence-corrected chi connectivity index (χ4v) is 11.0. The normalized spacial score (nSPS) is 14.9. The van der Waals surface area contributed by atoms with Gasteiger partial charge in [0.1, 0.15) is 0 Å². The minimum Gasteiger partial charge on any atom is -0.278 e. The zero-order chi connectivity index (χ0) is 41.0. The summed E-state index contributed by atoms with van der Waals surface area (Å²) in [5.41, 5.74) is 23.1. The van der Waals surface area contributed by atoms with Crippen LogP contribution in [0.5, 0.6) is 0 Å². The molecule has 294 valence electrons. The van der Waals surface area contributed by atoms with Crippen molar-refractivity contribution in [2.75, 3.05) is 0 Å². The third kappa shape index (κ3) is 5.46. The van der Waals surface area contributed by atoms with Crippen LogP contribution in [0.4, 0.5) is 0 Å². The number of para-hydroxylation sites is 4. The number of hydrogen-bond donors (Lipinski definition) is 0. The minimum atomic E-state index is -0.178. The van der Waals surface area contributed by atoms with E-state index in [4.69, 9.17) is 4.98 Å². The van der Waals surface area contributed by atoms with E-state index in [9.17, 15) is 0 Å². The molecule has 0 fully saturated rings. The van der Waals surface area contributed by atoms with Gasteiger partial charge in [-0.2, -0.15) is 0 Å². The van der Waals surface area contributed by atoms with Crippen molar-refractivity contribution in [2.24, 2.45) is 0 Å². The van der Waals surface area contributed by atoms with Crippen molar-refractivity contribution in [1.82, 2.24) is 14.0 Å². The summed E-state index contributed by atoms with van der Waals surface area (Å²) in [4.78, 5) is 5.17. The van der Waals surface area contributed by atoms with E-state index in [2.05, 4.69) is 219 Å². The third-order valence-corrected chi connectivity index (χ3v) is 14.2. The molecule has 1 unspecified atom stereocenters. The predicted octanol–water partition coefficient (Wildman–Crippen LogP) is 14.3. The van der Waals surface area contributed by atoms with Gasteiger partial charge < -0.3 is 0 Å². The van der Waals surface area contributed by atoms with Gasteiger partial charge in [-0.15, -0.1) is 0 Å². The number of rotatable bonds is 7. The molecule has 0 radical (unpaired) electrons. The summed E-state index contributed by atoms with van der Waals surface area (Å²) in [6.45, 7) is 9.60. The summed E-state index contributed by atoms with van der Waals surface area (Å²) >= 11 is 0. The van der Waals surface area contributed by atoms with E-state index in [0.717, 1.165) is 46.4 Å². The second-order valence-electron chi connectivity index (χ2n) is 18.4. The highest BCUT2D eigenvalue weighted by Crippen LogP contribution is 2.51. The number of fused-ring (bicyclic) bond motifs is 11. The highest BCUT2D eigenvalue weighted by Gasteiger charge is 2.38. The summed E-state index contributed by atoms with van der Waals surface area (Å²) in [5, 5.41) is 0. The van der Waals surface area contributed by atoms with Gasteiger partial charge >= 0.3 is 0 Å². The second-order valence-corrected chi connectivity index (χ2v) is 18.4. The van der Waals surface area contributed by atoms with Crippen molar-refractivity contribution in [3.63, 3.8) is 0 Å². The van der Waals surface area contributed by atoms with E-state index in [1.165, 1.54) is 72.3 Å². The molecular weight excluding hydrogens is 739 g/mol. The van der Waals surface area contributed by atoms with Crippen molar-refractivity contribution in [3.05, 3.63) is 221 Å². The molecule has 0 saturated heterocycles. The molecule has 8 aromatic carbocycles. The lowest BCUT2D eigenvalue weighted by molar-refractivity contribution is 0.643. The standard InChI is InChI=1S/C58H47N3/c1-57(2)48-17-9-8-16-44(48)46-30-27-41(35-50(46)57)42(32-37-22-25-40(26-23-37)39-14-6-5-7-15-39)33-38-24-29-45-47-31-28-43(36-51(47)58(3,4)49(45)34-38)60-54-20-12-13-21-55(54)61-53-19-11-10-18-52(53)59-56(60)61/h5-31,34-36,42H,32-33H2,1-4H3. The Morgan fingerprint density at radius 3 is 1.80 bits per heavy atom. The molecule has 2 aliphatic carbocycles. The van der Waals surface area contributed by atoms with Crippen LogP contribution in [0.15, 0.2) is 182 Å². The van der Waals surface area contributed by atoms with Gasteiger partial charge in [-0.3, -0.25) is 8.97 Å². The lowest BCUT2D eigenvalue weighted by Crippen LogP contribution is -2.17. The van der Waals surface area contributed by atoms with Crippen molar-refractivity contribution in [1.29, 1.82) is 0 Å². The molecule has 12 rings (SSSR count). The molecule has 2 aromatic heterocycles. The van der Waals surface area contributed by atoms with Crippen LogP contribution in [0.1, 0.15) is 72.6 Å². The Balaban J connectivity index is 0.919. The zero-order valence-corrected chi connectivity index (χ0v) is 35.2. The topological polar surface area (TPSA) is 22.2 Å². The largest absolute Gasteiger partial charge is 0.278 e. The maximum absolute atomic E-state index is 5.17. The van der Waals surface area contributed by atoms with Gasteiger partial charge in [-0.05, 0) is 127 Å². The molecule has 0 N–H and O–H groups in total. The van der Waals surface area contributed by atoms with E-state index in [0.29, 0.717) is 5.92 Å². The molecule has 2 heterocycles.